The maximum absolute atomic E-state index is 13.1. The monoisotopic (exact) mass is 360 g/mol. The molecule has 25 heavy (non-hydrogen) atoms. The molecule has 0 atom stereocenters. The molecule has 0 saturated carbocycles. The van der Waals surface area contributed by atoms with Crippen LogP contribution in [0.1, 0.15) is 29.3 Å². The zero-order valence-corrected chi connectivity index (χ0v) is 14.8. The minimum absolute atomic E-state index is 0.0911. The van der Waals surface area contributed by atoms with E-state index < -0.39 is 15.9 Å². The van der Waals surface area contributed by atoms with Crippen LogP contribution in [-0.4, -0.2) is 27.5 Å². The Hall–Kier alpha value is -2.38. The molecule has 1 heterocycles. The van der Waals surface area contributed by atoms with Crippen molar-refractivity contribution in [1.82, 2.24) is 5.48 Å². The summed E-state index contributed by atoms with van der Waals surface area (Å²) in [5.74, 6) is -0.474. The van der Waals surface area contributed by atoms with Crippen molar-refractivity contribution in [2.45, 2.75) is 24.7 Å². The van der Waals surface area contributed by atoms with Crippen molar-refractivity contribution >= 4 is 21.6 Å². The van der Waals surface area contributed by atoms with E-state index in [1.165, 1.54) is 16.4 Å². The Kier molecular flexibility index (Phi) is 5.06. The molecule has 0 radical (unpaired) electrons. The molecule has 7 heteroatoms. The molecule has 0 saturated heterocycles. The van der Waals surface area contributed by atoms with Crippen LogP contribution in [0.3, 0.4) is 0 Å². The maximum Gasteiger partial charge on any atom is 0.274 e. The first-order valence-electron chi connectivity index (χ1n) is 8.17. The highest BCUT2D eigenvalue weighted by Crippen LogP contribution is 2.31. The van der Waals surface area contributed by atoms with Crippen LogP contribution in [0.25, 0.3) is 0 Å². The average Bonchev–Trinajstić information content (AvgIpc) is 2.65. The second kappa shape index (κ2) is 7.25. The average molecular weight is 360 g/mol. The number of benzene rings is 2. The van der Waals surface area contributed by atoms with Crippen LogP contribution >= 0.6 is 0 Å². The first-order chi connectivity index (χ1) is 12.0. The molecule has 0 aromatic heterocycles. The molecule has 2 aromatic carbocycles. The van der Waals surface area contributed by atoms with E-state index >= 15 is 0 Å². The van der Waals surface area contributed by atoms with Crippen LogP contribution in [0.15, 0.2) is 53.4 Å². The Morgan fingerprint density at radius 3 is 2.80 bits per heavy atom. The molecule has 6 nitrogen and oxygen atoms in total. The molecule has 132 valence electrons. The van der Waals surface area contributed by atoms with Crippen molar-refractivity contribution in [1.29, 1.82) is 0 Å². The molecule has 1 aliphatic rings. The lowest BCUT2D eigenvalue weighted by molar-refractivity contribution is 0.0364. The minimum atomic E-state index is -3.74. The quantitative estimate of drug-likeness (QED) is 0.832. The molecule has 0 unspecified atom stereocenters. The van der Waals surface area contributed by atoms with Crippen molar-refractivity contribution in [3.8, 4) is 0 Å². The van der Waals surface area contributed by atoms with Crippen LogP contribution in [0.2, 0.25) is 0 Å². The molecular formula is C18H20N2O4S. The molecule has 0 spiro atoms. The van der Waals surface area contributed by atoms with Gasteiger partial charge >= 0.3 is 0 Å². The van der Waals surface area contributed by atoms with E-state index in [-0.39, 0.29) is 10.5 Å². The van der Waals surface area contributed by atoms with E-state index in [9.17, 15) is 13.2 Å². The van der Waals surface area contributed by atoms with E-state index in [1.807, 2.05) is 24.3 Å². The molecule has 0 bridgehead atoms. The van der Waals surface area contributed by atoms with Crippen molar-refractivity contribution in [3.63, 3.8) is 0 Å². The first kappa shape index (κ1) is 17.4. The predicted molar refractivity (Wildman–Crippen MR) is 94.8 cm³/mol. The molecule has 1 N–H and O–H groups in total. The van der Waals surface area contributed by atoms with Crippen molar-refractivity contribution < 1.29 is 18.0 Å². The zero-order chi connectivity index (χ0) is 17.9. The summed E-state index contributed by atoms with van der Waals surface area (Å²) in [6, 6.07) is 13.5. The Balaban J connectivity index is 1.95. The third-order valence-corrected chi connectivity index (χ3v) is 5.87. The normalized spacial score (nSPS) is 14.0. The van der Waals surface area contributed by atoms with Crippen molar-refractivity contribution in [2.24, 2.45) is 0 Å². The summed E-state index contributed by atoms with van der Waals surface area (Å²) in [7, 11) is -3.74. The summed E-state index contributed by atoms with van der Waals surface area (Å²) < 4.78 is 27.6. The third-order valence-electron chi connectivity index (χ3n) is 4.06. The van der Waals surface area contributed by atoms with Gasteiger partial charge in [-0.25, -0.2) is 13.9 Å². The van der Waals surface area contributed by atoms with Crippen molar-refractivity contribution in [3.05, 3.63) is 59.7 Å². The molecule has 1 aliphatic heterocycles. The molecule has 2 aromatic rings. The Bertz CT molecular complexity index is 880. The van der Waals surface area contributed by atoms with Gasteiger partial charge in [-0.05, 0) is 49.6 Å². The van der Waals surface area contributed by atoms with Crippen LogP contribution in [0.4, 0.5) is 5.69 Å². The highest BCUT2D eigenvalue weighted by Gasteiger charge is 2.29. The van der Waals surface area contributed by atoms with E-state index in [2.05, 4.69) is 5.48 Å². The maximum atomic E-state index is 13.1. The smallest absolute Gasteiger partial charge is 0.274 e. The van der Waals surface area contributed by atoms with Crippen LogP contribution in [-0.2, 0) is 21.3 Å². The summed E-state index contributed by atoms with van der Waals surface area (Å²) in [6.07, 6.45) is 1.62. The number of fused-ring (bicyclic) bond motifs is 1. The fraction of sp³-hybridized carbons (Fsp3) is 0.278. The third kappa shape index (κ3) is 3.52. The van der Waals surface area contributed by atoms with Gasteiger partial charge < -0.3 is 0 Å². The Morgan fingerprint density at radius 2 is 2.00 bits per heavy atom. The number of nitrogens with zero attached hydrogens (tertiary/aromatic N) is 1. The van der Waals surface area contributed by atoms with Crippen LogP contribution < -0.4 is 9.79 Å². The second-order valence-corrected chi connectivity index (χ2v) is 7.56. The topological polar surface area (TPSA) is 75.7 Å². The van der Waals surface area contributed by atoms with E-state index in [0.717, 1.165) is 18.4 Å². The SMILES string of the molecule is CCONC(=O)c1cccc(S(=O)(=O)N2CCCc3ccccc32)c1. The number of carbonyl (C=O) groups is 1. The fourth-order valence-corrected chi connectivity index (χ4v) is 4.46. The van der Waals surface area contributed by atoms with E-state index in [0.29, 0.717) is 18.8 Å². The number of nitrogens with one attached hydrogen (secondary N) is 1. The molecule has 0 fully saturated rings. The largest absolute Gasteiger partial charge is 0.274 e. The van der Waals surface area contributed by atoms with Gasteiger partial charge in [0.15, 0.2) is 0 Å². The van der Waals surface area contributed by atoms with Gasteiger partial charge in [0, 0.05) is 12.1 Å². The van der Waals surface area contributed by atoms with Gasteiger partial charge in [-0.2, -0.15) is 0 Å². The number of hydrogen-bond donors (Lipinski definition) is 1. The van der Waals surface area contributed by atoms with Gasteiger partial charge in [0.1, 0.15) is 0 Å². The van der Waals surface area contributed by atoms with Gasteiger partial charge in [0.2, 0.25) is 0 Å². The summed E-state index contributed by atoms with van der Waals surface area (Å²) in [4.78, 5) is 17.0. The Labute approximate surface area is 147 Å². The number of aryl methyl sites for hydroxylation is 1. The van der Waals surface area contributed by atoms with E-state index in [1.54, 1.807) is 19.1 Å². The molecular weight excluding hydrogens is 340 g/mol. The lowest BCUT2D eigenvalue weighted by Gasteiger charge is -2.30. The van der Waals surface area contributed by atoms with Gasteiger partial charge in [0.05, 0.1) is 17.2 Å². The number of rotatable bonds is 5. The minimum Gasteiger partial charge on any atom is -0.274 e. The second-order valence-electron chi connectivity index (χ2n) is 5.70. The van der Waals surface area contributed by atoms with Crippen LogP contribution in [0.5, 0.6) is 0 Å². The first-order valence-corrected chi connectivity index (χ1v) is 9.61. The number of hydrogen-bond acceptors (Lipinski definition) is 4. The standard InChI is InChI=1S/C18H20N2O4S/c1-2-24-19-18(21)15-8-5-10-16(13-15)25(22,23)20-12-6-9-14-7-3-4-11-17(14)20/h3-5,7-8,10-11,13H,2,6,9,12H2,1H3,(H,19,21). The van der Waals surface area contributed by atoms with Crippen LogP contribution in [0, 0.1) is 0 Å². The summed E-state index contributed by atoms with van der Waals surface area (Å²) in [5, 5.41) is 0. The predicted octanol–water partition coefficient (Wildman–Crippen LogP) is 2.51. The lowest BCUT2D eigenvalue weighted by Crippen LogP contribution is -2.35. The molecule has 1 amide bonds. The Morgan fingerprint density at radius 1 is 1.20 bits per heavy atom. The van der Waals surface area contributed by atoms with Gasteiger partial charge in [-0.3, -0.25) is 13.9 Å². The highest BCUT2D eigenvalue weighted by atomic mass is 32.2. The number of sulfonamides is 1. The number of amides is 1. The van der Waals surface area contributed by atoms with Gasteiger partial charge in [-0.15, -0.1) is 0 Å². The molecule has 3 rings (SSSR count). The highest BCUT2D eigenvalue weighted by molar-refractivity contribution is 7.92. The zero-order valence-electron chi connectivity index (χ0n) is 13.9. The number of para-hydroxylation sites is 1. The summed E-state index contributed by atoms with van der Waals surface area (Å²) in [6.45, 7) is 2.50. The number of anilines is 1. The number of carbonyl (C=O) groups excluding carboxylic acids is 1. The van der Waals surface area contributed by atoms with Gasteiger partial charge in [0.25, 0.3) is 15.9 Å². The summed E-state index contributed by atoms with van der Waals surface area (Å²) >= 11 is 0. The fourth-order valence-electron chi connectivity index (χ4n) is 2.87. The lowest BCUT2D eigenvalue weighted by atomic mass is 10.0. The van der Waals surface area contributed by atoms with Gasteiger partial charge in [-0.1, -0.05) is 24.3 Å². The number of hydroxylamine groups is 1. The van der Waals surface area contributed by atoms with Crippen molar-refractivity contribution in [2.75, 3.05) is 17.5 Å². The molecule has 0 aliphatic carbocycles. The summed E-state index contributed by atoms with van der Waals surface area (Å²) in [5.41, 5.74) is 4.23. The van der Waals surface area contributed by atoms with E-state index in [4.69, 9.17) is 4.84 Å².